The van der Waals surface area contributed by atoms with Crippen molar-refractivity contribution in [3.05, 3.63) is 42.7 Å². The van der Waals surface area contributed by atoms with Crippen LogP contribution in [0.3, 0.4) is 0 Å². The molecule has 2 aliphatic heterocycles. The van der Waals surface area contributed by atoms with E-state index in [4.69, 9.17) is 4.74 Å². The van der Waals surface area contributed by atoms with Crippen molar-refractivity contribution >= 4 is 23.2 Å². The van der Waals surface area contributed by atoms with Gasteiger partial charge in [-0.3, -0.25) is 9.59 Å². The maximum Gasteiger partial charge on any atom is 0.397 e. The summed E-state index contributed by atoms with van der Waals surface area (Å²) in [7, 11) is 0. The molecule has 32 heavy (non-hydrogen) atoms. The average molecular weight is 449 g/mol. The Morgan fingerprint density at radius 2 is 1.84 bits per heavy atom. The first kappa shape index (κ1) is 21.8. The Morgan fingerprint density at radius 1 is 1.09 bits per heavy atom. The molecule has 2 saturated heterocycles. The predicted octanol–water partition coefficient (Wildman–Crippen LogP) is 2.48. The van der Waals surface area contributed by atoms with Gasteiger partial charge in [0, 0.05) is 31.7 Å². The number of rotatable bonds is 6. The molecule has 8 nitrogen and oxygen atoms in total. The summed E-state index contributed by atoms with van der Waals surface area (Å²) in [5, 5.41) is 10.4. The minimum Gasteiger partial charge on any atom is -0.489 e. The number of anilines is 2. The fourth-order valence-corrected chi connectivity index (χ4v) is 3.71. The van der Waals surface area contributed by atoms with Gasteiger partial charge in [0.15, 0.2) is 0 Å². The molecular weight excluding hydrogens is 427 g/mol. The van der Waals surface area contributed by atoms with Crippen LogP contribution in [-0.4, -0.2) is 65.4 Å². The summed E-state index contributed by atoms with van der Waals surface area (Å²) >= 11 is 0. The van der Waals surface area contributed by atoms with Crippen LogP contribution < -0.4 is 15.0 Å². The number of benzene rings is 1. The number of nitrogens with zero attached hydrogens (tertiary/aromatic N) is 4. The largest absolute Gasteiger partial charge is 0.489 e. The number of hydrogen-bond acceptors (Lipinski definition) is 6. The molecule has 4 rings (SSSR count). The second-order valence-electron chi connectivity index (χ2n) is 7.88. The van der Waals surface area contributed by atoms with E-state index in [-0.39, 0.29) is 31.0 Å². The Balaban J connectivity index is 1.22. The van der Waals surface area contributed by atoms with Crippen LogP contribution in [0.25, 0.3) is 0 Å². The molecule has 0 bridgehead atoms. The van der Waals surface area contributed by atoms with Crippen molar-refractivity contribution in [2.45, 2.75) is 25.1 Å². The highest BCUT2D eigenvalue weighted by Crippen LogP contribution is 2.26. The first-order valence-electron chi connectivity index (χ1n) is 10.2. The summed E-state index contributed by atoms with van der Waals surface area (Å²) in [6.07, 6.45) is -2.60. The minimum absolute atomic E-state index is 0.0773. The van der Waals surface area contributed by atoms with Gasteiger partial charge in [-0.25, -0.2) is 0 Å². The van der Waals surface area contributed by atoms with Crippen molar-refractivity contribution < 1.29 is 27.5 Å². The summed E-state index contributed by atoms with van der Waals surface area (Å²) in [6, 6.07) is 8.63. The molecule has 1 N–H and O–H groups in total. The van der Waals surface area contributed by atoms with Gasteiger partial charge in [0.1, 0.15) is 18.3 Å². The second-order valence-corrected chi connectivity index (χ2v) is 7.88. The number of aromatic nitrogens is 2. The van der Waals surface area contributed by atoms with E-state index in [1.54, 1.807) is 36.7 Å². The van der Waals surface area contributed by atoms with E-state index in [1.807, 2.05) is 11.0 Å². The van der Waals surface area contributed by atoms with Crippen LogP contribution in [0, 0.1) is 5.92 Å². The molecule has 1 atom stereocenters. The molecule has 1 aromatic heterocycles. The van der Waals surface area contributed by atoms with Crippen molar-refractivity contribution in [2.75, 3.05) is 36.4 Å². The van der Waals surface area contributed by atoms with Gasteiger partial charge in [-0.1, -0.05) is 0 Å². The van der Waals surface area contributed by atoms with Crippen LogP contribution in [0.15, 0.2) is 42.7 Å². The van der Waals surface area contributed by atoms with Crippen LogP contribution in [0.5, 0.6) is 5.75 Å². The molecule has 2 aliphatic rings. The number of nitrogens with one attached hydrogen (secondary N) is 1. The number of carbonyl (C=O) groups is 2. The number of carbonyl (C=O) groups excluding carboxylic acids is 2. The van der Waals surface area contributed by atoms with E-state index in [1.165, 1.54) is 4.90 Å². The first-order chi connectivity index (χ1) is 15.3. The Bertz CT molecular complexity index is 949. The van der Waals surface area contributed by atoms with Crippen LogP contribution in [0.4, 0.5) is 24.5 Å². The third-order valence-electron chi connectivity index (χ3n) is 5.46. The number of alkyl halides is 3. The zero-order chi connectivity index (χ0) is 22.7. The monoisotopic (exact) mass is 449 g/mol. The predicted molar refractivity (Wildman–Crippen MR) is 109 cm³/mol. The van der Waals surface area contributed by atoms with E-state index < -0.39 is 18.5 Å². The van der Waals surface area contributed by atoms with Crippen molar-refractivity contribution in [1.82, 2.24) is 15.1 Å². The lowest BCUT2D eigenvalue weighted by Gasteiger charge is -2.39. The van der Waals surface area contributed by atoms with Gasteiger partial charge in [0.25, 0.3) is 0 Å². The van der Waals surface area contributed by atoms with Gasteiger partial charge in [0.2, 0.25) is 11.8 Å². The maximum atomic E-state index is 12.4. The Labute approximate surface area is 182 Å². The zero-order valence-electron chi connectivity index (χ0n) is 17.1. The molecule has 2 aromatic rings. The Hall–Kier alpha value is -3.37. The quantitative estimate of drug-likeness (QED) is 0.729. The number of halogens is 3. The summed E-state index contributed by atoms with van der Waals surface area (Å²) < 4.78 is 43.0. The highest BCUT2D eigenvalue weighted by molar-refractivity contribution is 5.94. The van der Waals surface area contributed by atoms with Gasteiger partial charge in [-0.15, -0.1) is 0 Å². The third-order valence-corrected chi connectivity index (χ3v) is 5.46. The summed E-state index contributed by atoms with van der Waals surface area (Å²) in [5.41, 5.74) is 1.55. The molecule has 0 saturated carbocycles. The SMILES string of the molecule is O=C(Nc1ccc(O[C@@H]2CCN(C(=O)CC(F)(F)F)C2)cc1)C1CN(c2ccnnc2)C1. The molecule has 2 amide bonds. The Morgan fingerprint density at radius 3 is 2.50 bits per heavy atom. The number of amides is 2. The van der Waals surface area contributed by atoms with Crippen molar-refractivity contribution in [2.24, 2.45) is 5.92 Å². The van der Waals surface area contributed by atoms with Gasteiger partial charge in [0.05, 0.1) is 30.5 Å². The lowest BCUT2D eigenvalue weighted by atomic mass is 9.98. The average Bonchev–Trinajstić information content (AvgIpc) is 3.17. The summed E-state index contributed by atoms with van der Waals surface area (Å²) in [5.74, 6) is -0.612. The fraction of sp³-hybridized carbons (Fsp3) is 0.429. The van der Waals surface area contributed by atoms with Crippen LogP contribution >= 0.6 is 0 Å². The molecule has 3 heterocycles. The molecular formula is C21H22F3N5O3. The van der Waals surface area contributed by atoms with E-state index in [9.17, 15) is 22.8 Å². The molecule has 1 aromatic carbocycles. The smallest absolute Gasteiger partial charge is 0.397 e. The summed E-state index contributed by atoms with van der Waals surface area (Å²) in [6.45, 7) is 1.56. The van der Waals surface area contributed by atoms with Crippen molar-refractivity contribution in [1.29, 1.82) is 0 Å². The van der Waals surface area contributed by atoms with E-state index in [0.29, 0.717) is 30.9 Å². The van der Waals surface area contributed by atoms with E-state index in [2.05, 4.69) is 15.5 Å². The lowest BCUT2D eigenvalue weighted by molar-refractivity contribution is -0.160. The molecule has 170 valence electrons. The van der Waals surface area contributed by atoms with Crippen molar-refractivity contribution in [3.8, 4) is 5.75 Å². The fourth-order valence-electron chi connectivity index (χ4n) is 3.71. The van der Waals surface area contributed by atoms with E-state index in [0.717, 1.165) is 5.69 Å². The minimum atomic E-state index is -4.51. The maximum absolute atomic E-state index is 12.4. The Kier molecular flexibility index (Phi) is 6.15. The van der Waals surface area contributed by atoms with Crippen LogP contribution in [0.2, 0.25) is 0 Å². The highest BCUT2D eigenvalue weighted by atomic mass is 19.4. The number of hydrogen-bond donors (Lipinski definition) is 1. The lowest BCUT2D eigenvalue weighted by Crippen LogP contribution is -2.52. The van der Waals surface area contributed by atoms with Gasteiger partial charge >= 0.3 is 6.18 Å². The van der Waals surface area contributed by atoms with Crippen LogP contribution in [-0.2, 0) is 9.59 Å². The normalized spacial score (nSPS) is 18.9. The second kappa shape index (κ2) is 9.01. The molecule has 0 spiro atoms. The first-order valence-corrected chi connectivity index (χ1v) is 10.2. The third kappa shape index (κ3) is 5.45. The van der Waals surface area contributed by atoms with Crippen LogP contribution in [0.1, 0.15) is 12.8 Å². The highest BCUT2D eigenvalue weighted by Gasteiger charge is 2.36. The molecule has 2 fully saturated rings. The molecule has 0 radical (unpaired) electrons. The molecule has 11 heteroatoms. The number of likely N-dealkylation sites (tertiary alicyclic amines) is 1. The zero-order valence-corrected chi connectivity index (χ0v) is 17.1. The molecule has 0 unspecified atom stereocenters. The topological polar surface area (TPSA) is 87.7 Å². The van der Waals surface area contributed by atoms with E-state index >= 15 is 0 Å². The van der Waals surface area contributed by atoms with Crippen molar-refractivity contribution in [3.63, 3.8) is 0 Å². The number of ether oxygens (including phenoxy) is 1. The van der Waals surface area contributed by atoms with Gasteiger partial charge in [-0.2, -0.15) is 23.4 Å². The van der Waals surface area contributed by atoms with Gasteiger partial charge < -0.3 is 19.9 Å². The standard InChI is InChI=1S/C21H22F3N5O3/c22-21(23,24)9-19(30)28-8-6-18(13-28)32-17-3-1-15(2-4-17)27-20(31)14-11-29(12-14)16-5-7-25-26-10-16/h1-5,7,10,14,18H,6,8-9,11-13H2,(H,27,31)/t18-/m1/s1. The molecule has 0 aliphatic carbocycles. The van der Waals surface area contributed by atoms with Gasteiger partial charge in [-0.05, 0) is 30.3 Å². The summed E-state index contributed by atoms with van der Waals surface area (Å²) in [4.78, 5) is 27.3.